The van der Waals surface area contributed by atoms with Gasteiger partial charge in [-0.25, -0.2) is 0 Å². The van der Waals surface area contributed by atoms with Gasteiger partial charge in [0.15, 0.2) is 0 Å². The van der Waals surface area contributed by atoms with Crippen molar-refractivity contribution in [2.75, 3.05) is 11.2 Å². The maximum Gasteiger partial charge on any atom is 0.250 e. The highest BCUT2D eigenvalue weighted by Gasteiger charge is 2.31. The number of hydrogen-bond donors (Lipinski definition) is 2. The van der Waals surface area contributed by atoms with E-state index in [1.807, 2.05) is 18.2 Å². The van der Waals surface area contributed by atoms with E-state index in [-0.39, 0.29) is 5.88 Å². The first kappa shape index (κ1) is 12.4. The van der Waals surface area contributed by atoms with Crippen LogP contribution in [0.3, 0.4) is 0 Å². The van der Waals surface area contributed by atoms with Crippen molar-refractivity contribution in [2.45, 2.75) is 6.17 Å². The highest BCUT2D eigenvalue weighted by Crippen LogP contribution is 2.28. The lowest BCUT2D eigenvalue weighted by Gasteiger charge is -2.26. The second kappa shape index (κ2) is 4.79. The number of H-pyrrole nitrogens is 1. The van der Waals surface area contributed by atoms with E-state index >= 15 is 0 Å². The third-order valence-electron chi connectivity index (χ3n) is 3.06. The molecule has 1 aromatic heterocycles. The number of anilines is 1. The summed E-state index contributed by atoms with van der Waals surface area (Å²) in [5.74, 6) is 0.190. The van der Waals surface area contributed by atoms with Gasteiger partial charge in [0.2, 0.25) is 5.71 Å². The van der Waals surface area contributed by atoms with Gasteiger partial charge < -0.3 is 15.5 Å². The van der Waals surface area contributed by atoms with Crippen molar-refractivity contribution in [1.82, 2.24) is 4.98 Å². The van der Waals surface area contributed by atoms with E-state index in [0.29, 0.717) is 10.7 Å². The number of aromatic nitrogens is 1. The lowest BCUT2D eigenvalue weighted by Crippen LogP contribution is -2.40. The molecule has 2 N–H and O–H groups in total. The summed E-state index contributed by atoms with van der Waals surface area (Å²) < 4.78 is 0.886. The van der Waals surface area contributed by atoms with E-state index in [4.69, 9.17) is 23.2 Å². The van der Waals surface area contributed by atoms with Crippen LogP contribution in [0.1, 0.15) is 11.3 Å². The summed E-state index contributed by atoms with van der Waals surface area (Å²) in [7, 11) is 0. The number of hydrogen-bond acceptors (Lipinski definition) is 2. The Kier molecular flexibility index (Phi) is 3.12. The summed E-state index contributed by atoms with van der Waals surface area (Å²) in [6, 6.07) is 9.10. The Labute approximate surface area is 120 Å². The molecule has 0 bridgehead atoms. The van der Waals surface area contributed by atoms with Gasteiger partial charge in [-0.05, 0) is 30.3 Å². The van der Waals surface area contributed by atoms with E-state index in [2.05, 4.69) is 10.3 Å². The predicted molar refractivity (Wildman–Crippen MR) is 77.2 cm³/mol. The number of halogens is 2. The van der Waals surface area contributed by atoms with Crippen LogP contribution >= 0.6 is 23.2 Å². The third kappa shape index (κ3) is 2.07. The van der Waals surface area contributed by atoms with E-state index in [1.165, 1.54) is 0 Å². The standard InChI is InChI=1S/C13H11Cl2N3O/c14-7-12-17-10-4-3-8(15)6-9(10)13(18(12)19)11-2-1-5-16-11/h1-6,12,16-17H,7H2. The fourth-order valence-corrected chi connectivity index (χ4v) is 2.57. The van der Waals surface area contributed by atoms with Crippen molar-refractivity contribution >= 4 is 34.6 Å². The molecule has 1 atom stereocenters. The van der Waals surface area contributed by atoms with Crippen LogP contribution in [0, 0.1) is 5.21 Å². The number of benzene rings is 1. The Hall–Kier alpha value is -1.65. The van der Waals surface area contributed by atoms with E-state index < -0.39 is 6.17 Å². The lowest BCUT2D eigenvalue weighted by atomic mass is 10.0. The number of rotatable bonds is 2. The van der Waals surface area contributed by atoms with Crippen LogP contribution in [0.4, 0.5) is 5.69 Å². The van der Waals surface area contributed by atoms with Gasteiger partial charge in [0.05, 0.1) is 11.3 Å². The van der Waals surface area contributed by atoms with E-state index in [0.717, 1.165) is 21.7 Å². The van der Waals surface area contributed by atoms with Crippen molar-refractivity contribution < 1.29 is 4.74 Å². The summed E-state index contributed by atoms with van der Waals surface area (Å²) >= 11 is 11.9. The molecule has 1 aliphatic heterocycles. The molecular weight excluding hydrogens is 285 g/mol. The molecule has 1 aromatic carbocycles. The van der Waals surface area contributed by atoms with Crippen LogP contribution in [-0.4, -0.2) is 27.5 Å². The molecule has 19 heavy (non-hydrogen) atoms. The fourth-order valence-electron chi connectivity index (χ4n) is 2.19. The molecule has 1 aliphatic rings. The Bertz CT molecular complexity index is 637. The number of nitrogens with zero attached hydrogens (tertiary/aromatic N) is 1. The van der Waals surface area contributed by atoms with Crippen LogP contribution in [0.15, 0.2) is 36.5 Å². The first-order valence-electron chi connectivity index (χ1n) is 5.80. The number of alkyl halides is 1. The average Bonchev–Trinajstić information content (AvgIpc) is 2.91. The largest absolute Gasteiger partial charge is 0.622 e. The molecule has 0 spiro atoms. The monoisotopic (exact) mass is 295 g/mol. The van der Waals surface area contributed by atoms with Gasteiger partial charge in [-0.2, -0.15) is 4.74 Å². The van der Waals surface area contributed by atoms with Gasteiger partial charge in [-0.1, -0.05) is 11.6 Å². The predicted octanol–water partition coefficient (Wildman–Crippen LogP) is 3.01. The lowest BCUT2D eigenvalue weighted by molar-refractivity contribution is -0.488. The molecule has 2 aromatic rings. The molecule has 2 heterocycles. The Balaban J connectivity index is 2.24. The summed E-state index contributed by atoms with van der Waals surface area (Å²) in [4.78, 5) is 3.05. The zero-order valence-corrected chi connectivity index (χ0v) is 11.4. The van der Waals surface area contributed by atoms with Crippen LogP contribution in [-0.2, 0) is 0 Å². The van der Waals surface area contributed by atoms with Crippen LogP contribution in [0.2, 0.25) is 5.02 Å². The van der Waals surface area contributed by atoms with Crippen LogP contribution < -0.4 is 5.32 Å². The van der Waals surface area contributed by atoms with Crippen molar-refractivity contribution in [3.63, 3.8) is 0 Å². The molecular formula is C13H11Cl2N3O. The maximum atomic E-state index is 12.4. The molecule has 0 saturated carbocycles. The number of hydroxylamine groups is 1. The molecule has 1 unspecified atom stereocenters. The van der Waals surface area contributed by atoms with E-state index in [1.54, 1.807) is 18.3 Å². The topological polar surface area (TPSA) is 53.9 Å². The summed E-state index contributed by atoms with van der Waals surface area (Å²) in [5.41, 5.74) is 2.92. The van der Waals surface area contributed by atoms with Crippen molar-refractivity contribution in [2.24, 2.45) is 0 Å². The van der Waals surface area contributed by atoms with E-state index in [9.17, 15) is 5.21 Å². The minimum absolute atomic E-state index is 0.190. The SMILES string of the molecule is [O-][N+]1=C(c2ccc[nH]2)c2cc(Cl)ccc2NC1CCl. The zero-order chi connectivity index (χ0) is 13.4. The number of aromatic amines is 1. The van der Waals surface area contributed by atoms with Crippen LogP contribution in [0.5, 0.6) is 0 Å². The molecule has 0 radical (unpaired) electrons. The highest BCUT2D eigenvalue weighted by atomic mass is 35.5. The highest BCUT2D eigenvalue weighted by molar-refractivity contribution is 6.31. The molecule has 6 heteroatoms. The van der Waals surface area contributed by atoms with Gasteiger partial charge in [0.1, 0.15) is 11.6 Å². The van der Waals surface area contributed by atoms with Crippen molar-refractivity contribution in [3.05, 3.63) is 58.0 Å². The zero-order valence-electron chi connectivity index (χ0n) is 9.86. The van der Waals surface area contributed by atoms with Crippen molar-refractivity contribution in [3.8, 4) is 0 Å². The second-order valence-electron chi connectivity index (χ2n) is 4.26. The van der Waals surface area contributed by atoms with Crippen LogP contribution in [0.25, 0.3) is 0 Å². The minimum atomic E-state index is -0.492. The normalized spacial score (nSPS) is 18.1. The molecule has 0 aliphatic carbocycles. The average molecular weight is 296 g/mol. The number of nitrogens with one attached hydrogen (secondary N) is 2. The Morgan fingerprint density at radius 2 is 2.16 bits per heavy atom. The Morgan fingerprint density at radius 3 is 2.84 bits per heavy atom. The number of fused-ring (bicyclic) bond motifs is 1. The van der Waals surface area contributed by atoms with Crippen molar-refractivity contribution in [1.29, 1.82) is 0 Å². The molecule has 0 fully saturated rings. The maximum absolute atomic E-state index is 12.4. The third-order valence-corrected chi connectivity index (χ3v) is 3.59. The molecule has 0 amide bonds. The molecule has 4 nitrogen and oxygen atoms in total. The van der Waals surface area contributed by atoms with Gasteiger partial charge in [0.25, 0.3) is 6.17 Å². The quantitative estimate of drug-likeness (QED) is 0.508. The summed E-state index contributed by atoms with van der Waals surface area (Å²) in [6.07, 6.45) is 1.28. The summed E-state index contributed by atoms with van der Waals surface area (Å²) in [6.45, 7) is 0. The van der Waals surface area contributed by atoms with Gasteiger partial charge in [-0.15, -0.1) is 11.6 Å². The molecule has 98 valence electrons. The first-order chi connectivity index (χ1) is 9.20. The first-order valence-corrected chi connectivity index (χ1v) is 6.71. The fraction of sp³-hybridized carbons (Fsp3) is 0.154. The molecule has 0 saturated heterocycles. The Morgan fingerprint density at radius 1 is 1.32 bits per heavy atom. The second-order valence-corrected chi connectivity index (χ2v) is 5.01. The van der Waals surface area contributed by atoms with Gasteiger partial charge in [-0.3, -0.25) is 0 Å². The minimum Gasteiger partial charge on any atom is -0.622 e. The summed E-state index contributed by atoms with van der Waals surface area (Å²) in [5, 5.41) is 16.1. The smallest absolute Gasteiger partial charge is 0.250 e. The van der Waals surface area contributed by atoms with Gasteiger partial charge in [0, 0.05) is 11.2 Å². The van der Waals surface area contributed by atoms with Gasteiger partial charge >= 0.3 is 0 Å². The molecule has 3 rings (SSSR count).